The smallest absolute Gasteiger partial charge is 0.276 e. The number of nitrogens with zero attached hydrogens (tertiary/aromatic N) is 2. The van der Waals surface area contributed by atoms with Gasteiger partial charge in [-0.25, -0.2) is 9.97 Å². The Balaban J connectivity index is 1.87. The number of hydrogen-bond donors (Lipinski definition) is 1. The van der Waals surface area contributed by atoms with Crippen molar-refractivity contribution in [1.82, 2.24) is 9.97 Å². The highest BCUT2D eigenvalue weighted by Gasteiger charge is 2.17. The van der Waals surface area contributed by atoms with Gasteiger partial charge in [0.25, 0.3) is 5.91 Å². The van der Waals surface area contributed by atoms with Gasteiger partial charge in [-0.05, 0) is 19.1 Å². The molecule has 0 bridgehead atoms. The molecule has 8 heteroatoms. The molecule has 0 saturated heterocycles. The zero-order chi connectivity index (χ0) is 17.1. The van der Waals surface area contributed by atoms with Crippen molar-refractivity contribution in [3.8, 4) is 22.1 Å². The van der Waals surface area contributed by atoms with Gasteiger partial charge in [0, 0.05) is 16.5 Å². The van der Waals surface area contributed by atoms with Gasteiger partial charge in [-0.15, -0.1) is 22.7 Å². The second kappa shape index (κ2) is 6.98. The van der Waals surface area contributed by atoms with Gasteiger partial charge in [-0.1, -0.05) is 6.07 Å². The van der Waals surface area contributed by atoms with E-state index in [0.717, 1.165) is 10.4 Å². The molecular formula is C16H15N3O3S2. The molecule has 0 aliphatic heterocycles. The Hall–Kier alpha value is -2.45. The molecule has 0 aliphatic carbocycles. The molecule has 0 unspecified atom stereocenters. The molecule has 3 rings (SSSR count). The lowest BCUT2D eigenvalue weighted by molar-refractivity contribution is 0.102. The summed E-state index contributed by atoms with van der Waals surface area (Å²) < 4.78 is 10.7. The van der Waals surface area contributed by atoms with Crippen LogP contribution >= 0.6 is 22.7 Å². The van der Waals surface area contributed by atoms with Crippen LogP contribution in [0.3, 0.4) is 0 Å². The average molecular weight is 361 g/mol. The van der Waals surface area contributed by atoms with Crippen molar-refractivity contribution in [3.63, 3.8) is 0 Å². The van der Waals surface area contributed by atoms with Gasteiger partial charge in [0.15, 0.2) is 16.6 Å². The van der Waals surface area contributed by atoms with E-state index in [2.05, 4.69) is 15.3 Å². The second-order valence-electron chi connectivity index (χ2n) is 4.81. The van der Waals surface area contributed by atoms with E-state index >= 15 is 0 Å². The first-order valence-electron chi connectivity index (χ1n) is 7.03. The summed E-state index contributed by atoms with van der Waals surface area (Å²) >= 11 is 2.79. The van der Waals surface area contributed by atoms with Gasteiger partial charge in [0.05, 0.1) is 19.8 Å². The van der Waals surface area contributed by atoms with Crippen molar-refractivity contribution < 1.29 is 14.3 Å². The number of hydrogen-bond acceptors (Lipinski definition) is 7. The van der Waals surface area contributed by atoms with Crippen molar-refractivity contribution in [1.29, 1.82) is 0 Å². The number of carbonyl (C=O) groups excluding carboxylic acids is 1. The highest BCUT2D eigenvalue weighted by atomic mass is 32.1. The molecule has 0 spiro atoms. The molecule has 0 saturated carbocycles. The van der Waals surface area contributed by atoms with Crippen LogP contribution in [0.25, 0.3) is 10.6 Å². The van der Waals surface area contributed by atoms with Crippen molar-refractivity contribution in [2.45, 2.75) is 6.92 Å². The molecule has 0 atom stereocenters. The van der Waals surface area contributed by atoms with E-state index in [1.54, 1.807) is 25.8 Å². The van der Waals surface area contributed by atoms with Crippen LogP contribution in [-0.4, -0.2) is 30.1 Å². The lowest BCUT2D eigenvalue weighted by Crippen LogP contribution is -2.11. The van der Waals surface area contributed by atoms with E-state index < -0.39 is 0 Å². The number of para-hydroxylation sites is 1. The van der Waals surface area contributed by atoms with Gasteiger partial charge >= 0.3 is 0 Å². The van der Waals surface area contributed by atoms with E-state index in [4.69, 9.17) is 9.47 Å². The number of ether oxygens (including phenoxy) is 2. The number of benzene rings is 1. The zero-order valence-electron chi connectivity index (χ0n) is 13.3. The molecule has 2 heterocycles. The molecule has 24 heavy (non-hydrogen) atoms. The minimum absolute atomic E-state index is 0.284. The largest absolute Gasteiger partial charge is 0.493 e. The Morgan fingerprint density at radius 3 is 2.75 bits per heavy atom. The summed E-state index contributed by atoms with van der Waals surface area (Å²) in [6.07, 6.45) is 1.72. The summed E-state index contributed by atoms with van der Waals surface area (Å²) in [5.74, 6) is 0.931. The molecule has 1 N–H and O–H groups in total. The monoisotopic (exact) mass is 361 g/mol. The predicted molar refractivity (Wildman–Crippen MR) is 95.5 cm³/mol. The van der Waals surface area contributed by atoms with Crippen molar-refractivity contribution in [2.75, 3.05) is 19.5 Å². The van der Waals surface area contributed by atoms with E-state index in [1.165, 1.54) is 22.7 Å². The molecule has 1 amide bonds. The Kier molecular flexibility index (Phi) is 4.77. The van der Waals surface area contributed by atoms with Crippen LogP contribution in [0.4, 0.5) is 5.13 Å². The van der Waals surface area contributed by atoms with Crippen LogP contribution in [0.5, 0.6) is 11.5 Å². The van der Waals surface area contributed by atoms with Crippen LogP contribution in [-0.2, 0) is 0 Å². The first-order chi connectivity index (χ1) is 11.6. The minimum atomic E-state index is -0.284. The quantitative estimate of drug-likeness (QED) is 0.747. The van der Waals surface area contributed by atoms with E-state index in [9.17, 15) is 4.79 Å². The summed E-state index contributed by atoms with van der Waals surface area (Å²) in [7, 11) is 3.16. The number of amides is 1. The Morgan fingerprint density at radius 2 is 2.08 bits per heavy atom. The van der Waals surface area contributed by atoms with Crippen LogP contribution in [0.15, 0.2) is 29.8 Å². The number of carbonyl (C=O) groups is 1. The topological polar surface area (TPSA) is 73.3 Å². The highest BCUT2D eigenvalue weighted by molar-refractivity contribution is 7.15. The predicted octanol–water partition coefficient (Wildman–Crippen LogP) is 3.84. The number of thiazole rings is 2. The number of rotatable bonds is 5. The lowest BCUT2D eigenvalue weighted by atomic mass is 10.2. The lowest BCUT2D eigenvalue weighted by Gasteiger charge is -2.10. The van der Waals surface area contributed by atoms with E-state index in [1.807, 2.05) is 25.1 Å². The number of methoxy groups -OCH3 is 2. The fraction of sp³-hybridized carbons (Fsp3) is 0.188. The molecule has 3 aromatic rings. The van der Waals surface area contributed by atoms with Crippen molar-refractivity contribution in [3.05, 3.63) is 40.3 Å². The molecular weight excluding hydrogens is 346 g/mol. The van der Waals surface area contributed by atoms with Crippen LogP contribution < -0.4 is 14.8 Å². The average Bonchev–Trinajstić information content (AvgIpc) is 3.23. The third-order valence-electron chi connectivity index (χ3n) is 3.21. The van der Waals surface area contributed by atoms with Crippen molar-refractivity contribution >= 4 is 33.7 Å². The Bertz CT molecular complexity index is 873. The van der Waals surface area contributed by atoms with Gasteiger partial charge in [-0.2, -0.15) is 0 Å². The molecule has 2 aromatic heterocycles. The van der Waals surface area contributed by atoms with Gasteiger partial charge in [0.2, 0.25) is 0 Å². The van der Waals surface area contributed by atoms with Gasteiger partial charge in [-0.3, -0.25) is 10.1 Å². The van der Waals surface area contributed by atoms with Gasteiger partial charge < -0.3 is 9.47 Å². The highest BCUT2D eigenvalue weighted by Crippen LogP contribution is 2.39. The fourth-order valence-electron chi connectivity index (χ4n) is 2.13. The summed E-state index contributed by atoms with van der Waals surface area (Å²) in [5.41, 5.74) is 1.12. The second-order valence-corrected chi connectivity index (χ2v) is 6.90. The first kappa shape index (κ1) is 16.4. The maximum atomic E-state index is 12.3. The van der Waals surface area contributed by atoms with E-state index in [0.29, 0.717) is 27.3 Å². The first-order valence-corrected chi connectivity index (χ1v) is 8.72. The molecule has 6 nitrogen and oxygen atoms in total. The molecule has 1 aromatic carbocycles. The summed E-state index contributed by atoms with van der Waals surface area (Å²) in [5, 5.41) is 5.71. The van der Waals surface area contributed by atoms with Crippen LogP contribution in [0.1, 0.15) is 15.4 Å². The molecule has 0 fully saturated rings. The maximum absolute atomic E-state index is 12.3. The maximum Gasteiger partial charge on any atom is 0.276 e. The third kappa shape index (κ3) is 3.24. The SMILES string of the molecule is COc1cccc(-c2nc(C(=O)Nc3ncc(C)s3)cs2)c1OC. The molecule has 124 valence electrons. The van der Waals surface area contributed by atoms with E-state index in [-0.39, 0.29) is 5.91 Å². The number of nitrogens with one attached hydrogen (secondary N) is 1. The van der Waals surface area contributed by atoms with Gasteiger partial charge in [0.1, 0.15) is 10.7 Å². The zero-order valence-corrected chi connectivity index (χ0v) is 15.0. The molecule has 0 radical (unpaired) electrons. The van der Waals surface area contributed by atoms with Crippen molar-refractivity contribution in [2.24, 2.45) is 0 Å². The third-order valence-corrected chi connectivity index (χ3v) is 4.92. The fourth-order valence-corrected chi connectivity index (χ4v) is 3.61. The van der Waals surface area contributed by atoms with Crippen LogP contribution in [0, 0.1) is 6.92 Å². The Morgan fingerprint density at radius 1 is 1.25 bits per heavy atom. The standard InChI is InChI=1S/C16H15N3O3S2/c1-9-7-17-16(24-9)19-14(20)11-8-23-15(18-11)10-5-4-6-12(21-2)13(10)22-3/h4-8H,1-3H3,(H,17,19,20). The Labute approximate surface area is 147 Å². The van der Waals surface area contributed by atoms with Crippen LogP contribution in [0.2, 0.25) is 0 Å². The summed E-state index contributed by atoms with van der Waals surface area (Å²) in [6.45, 7) is 1.93. The number of aryl methyl sites for hydroxylation is 1. The minimum Gasteiger partial charge on any atom is -0.493 e. The number of aromatic nitrogens is 2. The summed E-state index contributed by atoms with van der Waals surface area (Å²) in [4.78, 5) is 21.9. The normalized spacial score (nSPS) is 10.5. The molecule has 0 aliphatic rings. The summed E-state index contributed by atoms with van der Waals surface area (Å²) in [6, 6.07) is 5.55. The number of anilines is 1.